The van der Waals surface area contributed by atoms with Crippen LogP contribution in [0.4, 0.5) is 8.78 Å². The fraction of sp³-hybridized carbons (Fsp3) is 0.286. The maximum atomic E-state index is 14.0. The van der Waals surface area contributed by atoms with Crippen LogP contribution in [0.5, 0.6) is 0 Å². The molecule has 2 rings (SSSR count). The number of ketones is 1. The second-order valence-corrected chi connectivity index (χ2v) is 5.17. The van der Waals surface area contributed by atoms with Crippen molar-refractivity contribution in [3.63, 3.8) is 0 Å². The third-order valence-corrected chi connectivity index (χ3v) is 3.32. The van der Waals surface area contributed by atoms with Crippen molar-refractivity contribution in [2.75, 3.05) is 0 Å². The zero-order valence-corrected chi connectivity index (χ0v) is 12.0. The quantitative estimate of drug-likeness (QED) is 0.635. The zero-order valence-electron chi connectivity index (χ0n) is 11.2. The summed E-state index contributed by atoms with van der Waals surface area (Å²) >= 11 is 5.67. The van der Waals surface area contributed by atoms with Crippen LogP contribution in [0, 0.1) is 24.5 Å². The van der Waals surface area contributed by atoms with Gasteiger partial charge < -0.3 is 0 Å². The van der Waals surface area contributed by atoms with E-state index < -0.39 is 11.6 Å². The minimum absolute atomic E-state index is 0.177. The first-order valence-corrected chi connectivity index (χ1v) is 6.44. The van der Waals surface area contributed by atoms with E-state index in [0.29, 0.717) is 5.69 Å². The molecule has 20 heavy (non-hydrogen) atoms. The minimum Gasteiger partial charge on any atom is -0.297 e. The molecule has 0 amide bonds. The molecule has 1 heterocycles. The highest BCUT2D eigenvalue weighted by molar-refractivity contribution is 6.30. The molecule has 0 fully saturated rings. The molecule has 1 aromatic heterocycles. The molecule has 2 aromatic rings. The van der Waals surface area contributed by atoms with Crippen molar-refractivity contribution in [1.82, 2.24) is 9.55 Å². The molecule has 6 heteroatoms. The molecule has 0 unspecified atom stereocenters. The van der Waals surface area contributed by atoms with Gasteiger partial charge in [0.05, 0.1) is 10.7 Å². The summed E-state index contributed by atoms with van der Waals surface area (Å²) in [6, 6.07) is 2.21. The molecule has 0 saturated heterocycles. The molecule has 1 aromatic carbocycles. The van der Waals surface area contributed by atoms with E-state index in [1.165, 1.54) is 10.9 Å². The van der Waals surface area contributed by atoms with Crippen LogP contribution in [0.15, 0.2) is 18.5 Å². The lowest BCUT2D eigenvalue weighted by Gasteiger charge is -2.10. The van der Waals surface area contributed by atoms with E-state index in [1.54, 1.807) is 20.8 Å². The van der Waals surface area contributed by atoms with Gasteiger partial charge in [-0.1, -0.05) is 25.4 Å². The van der Waals surface area contributed by atoms with E-state index in [2.05, 4.69) is 4.98 Å². The highest BCUT2D eigenvalue weighted by atomic mass is 35.5. The number of benzene rings is 1. The number of rotatable bonds is 3. The molecule has 0 bridgehead atoms. The van der Waals surface area contributed by atoms with Crippen LogP contribution in [-0.4, -0.2) is 15.3 Å². The molecule has 0 aliphatic rings. The fourth-order valence-electron chi connectivity index (χ4n) is 1.89. The summed E-state index contributed by atoms with van der Waals surface area (Å²) < 4.78 is 29.0. The summed E-state index contributed by atoms with van der Waals surface area (Å²) in [5.74, 6) is -2.07. The van der Waals surface area contributed by atoms with Crippen LogP contribution >= 0.6 is 11.6 Å². The van der Waals surface area contributed by atoms with Gasteiger partial charge in [-0.15, -0.1) is 0 Å². The van der Waals surface area contributed by atoms with Gasteiger partial charge in [-0.2, -0.15) is 0 Å². The van der Waals surface area contributed by atoms with Crippen molar-refractivity contribution in [2.45, 2.75) is 20.8 Å². The van der Waals surface area contributed by atoms with Crippen LogP contribution in [-0.2, 0) is 0 Å². The molecule has 0 aliphatic heterocycles. The van der Waals surface area contributed by atoms with Crippen molar-refractivity contribution in [3.8, 4) is 5.69 Å². The van der Waals surface area contributed by atoms with E-state index >= 15 is 0 Å². The molecular formula is C14H13ClF2N2O. The Morgan fingerprint density at radius 2 is 2.00 bits per heavy atom. The molecule has 0 radical (unpaired) electrons. The largest absolute Gasteiger partial charge is 0.297 e. The Morgan fingerprint density at radius 1 is 1.35 bits per heavy atom. The molecule has 0 spiro atoms. The van der Waals surface area contributed by atoms with Crippen molar-refractivity contribution >= 4 is 17.4 Å². The summed E-state index contributed by atoms with van der Waals surface area (Å²) in [6.07, 6.45) is 1.22. The van der Waals surface area contributed by atoms with Crippen LogP contribution in [0.25, 0.3) is 5.69 Å². The SMILES string of the molecule is Cc1c(C(=O)C(C)C)ncn1-c1c(F)ccc(Cl)c1F. The first-order valence-electron chi connectivity index (χ1n) is 6.06. The second kappa shape index (κ2) is 5.32. The number of halogens is 3. The molecule has 0 atom stereocenters. The average Bonchev–Trinajstić information content (AvgIpc) is 2.76. The van der Waals surface area contributed by atoms with Crippen LogP contribution < -0.4 is 0 Å². The van der Waals surface area contributed by atoms with Crippen LogP contribution in [0.1, 0.15) is 30.0 Å². The van der Waals surface area contributed by atoms with Crippen LogP contribution in [0.3, 0.4) is 0 Å². The monoisotopic (exact) mass is 298 g/mol. The number of hydrogen-bond acceptors (Lipinski definition) is 2. The van der Waals surface area contributed by atoms with Gasteiger partial charge in [0.25, 0.3) is 0 Å². The normalized spacial score (nSPS) is 11.2. The van der Waals surface area contributed by atoms with Gasteiger partial charge in [0, 0.05) is 5.92 Å². The smallest absolute Gasteiger partial charge is 0.185 e. The van der Waals surface area contributed by atoms with E-state index in [1.807, 2.05) is 0 Å². The van der Waals surface area contributed by atoms with E-state index in [9.17, 15) is 13.6 Å². The van der Waals surface area contributed by atoms with E-state index in [-0.39, 0.29) is 28.1 Å². The minimum atomic E-state index is -0.879. The number of carbonyl (C=O) groups is 1. The highest BCUT2D eigenvalue weighted by Crippen LogP contribution is 2.26. The third-order valence-electron chi connectivity index (χ3n) is 3.02. The van der Waals surface area contributed by atoms with Gasteiger partial charge in [-0.05, 0) is 19.1 Å². The number of nitrogens with zero attached hydrogens (tertiary/aromatic N) is 2. The Kier molecular flexibility index (Phi) is 3.90. The number of Topliss-reactive ketones (excluding diaryl/α,β-unsaturated/α-hetero) is 1. The molecular weight excluding hydrogens is 286 g/mol. The van der Waals surface area contributed by atoms with Gasteiger partial charge >= 0.3 is 0 Å². The Hall–Kier alpha value is -1.75. The lowest BCUT2D eigenvalue weighted by molar-refractivity contribution is 0.0934. The van der Waals surface area contributed by atoms with Crippen molar-refractivity contribution in [2.24, 2.45) is 5.92 Å². The Bertz CT molecular complexity index is 680. The third kappa shape index (κ3) is 2.33. The maximum absolute atomic E-state index is 14.0. The Balaban J connectivity index is 2.62. The molecule has 106 valence electrons. The van der Waals surface area contributed by atoms with E-state index in [0.717, 1.165) is 12.1 Å². The molecule has 0 saturated carbocycles. The maximum Gasteiger partial charge on any atom is 0.185 e. The van der Waals surface area contributed by atoms with Crippen LogP contribution in [0.2, 0.25) is 5.02 Å². The fourth-order valence-corrected chi connectivity index (χ4v) is 2.04. The average molecular weight is 299 g/mol. The Morgan fingerprint density at radius 3 is 2.60 bits per heavy atom. The number of carbonyl (C=O) groups excluding carboxylic acids is 1. The summed E-state index contributed by atoms with van der Waals surface area (Å²) in [6.45, 7) is 5.06. The number of imidazole rings is 1. The van der Waals surface area contributed by atoms with Gasteiger partial charge in [-0.3, -0.25) is 9.36 Å². The topological polar surface area (TPSA) is 34.9 Å². The van der Waals surface area contributed by atoms with Crippen molar-refractivity contribution in [3.05, 3.63) is 46.5 Å². The lowest BCUT2D eigenvalue weighted by atomic mass is 10.1. The Labute approximate surface area is 120 Å². The molecule has 0 N–H and O–H groups in total. The molecule has 0 aliphatic carbocycles. The highest BCUT2D eigenvalue weighted by Gasteiger charge is 2.22. The number of hydrogen-bond donors (Lipinski definition) is 0. The summed E-state index contributed by atoms with van der Waals surface area (Å²) in [5.41, 5.74) is 0.257. The first kappa shape index (κ1) is 14.7. The summed E-state index contributed by atoms with van der Waals surface area (Å²) in [4.78, 5) is 15.9. The standard InChI is InChI=1S/C14H13ClF2N2O/c1-7(2)14(20)12-8(3)19(6-18-12)13-10(16)5-4-9(15)11(13)17/h4-7H,1-3H3. The number of aromatic nitrogens is 2. The van der Waals surface area contributed by atoms with Gasteiger partial charge in [0.2, 0.25) is 0 Å². The summed E-state index contributed by atoms with van der Waals surface area (Å²) in [7, 11) is 0. The van der Waals surface area contributed by atoms with Crippen molar-refractivity contribution in [1.29, 1.82) is 0 Å². The van der Waals surface area contributed by atoms with Gasteiger partial charge in [-0.25, -0.2) is 13.8 Å². The zero-order chi connectivity index (χ0) is 15.0. The molecule has 3 nitrogen and oxygen atoms in total. The van der Waals surface area contributed by atoms with Gasteiger partial charge in [0.15, 0.2) is 11.6 Å². The van der Waals surface area contributed by atoms with Crippen molar-refractivity contribution < 1.29 is 13.6 Å². The van der Waals surface area contributed by atoms with Gasteiger partial charge in [0.1, 0.15) is 23.5 Å². The van der Waals surface area contributed by atoms with E-state index in [4.69, 9.17) is 11.6 Å². The first-order chi connectivity index (χ1) is 9.34. The predicted octanol–water partition coefficient (Wildman–Crippen LogP) is 3.95. The summed E-state index contributed by atoms with van der Waals surface area (Å²) in [5, 5.41) is -0.189. The lowest BCUT2D eigenvalue weighted by Crippen LogP contribution is -2.11. The second-order valence-electron chi connectivity index (χ2n) is 4.76. The predicted molar refractivity (Wildman–Crippen MR) is 72.4 cm³/mol.